The van der Waals surface area contributed by atoms with E-state index in [1.54, 1.807) is 0 Å². The Bertz CT molecular complexity index is 192. The molecule has 10 heavy (non-hydrogen) atoms. The van der Waals surface area contributed by atoms with E-state index in [9.17, 15) is 4.79 Å². The number of Topliss-reactive ketones (excluding diaryl/α,β-unsaturated/α-hetero) is 1. The van der Waals surface area contributed by atoms with Gasteiger partial charge < -0.3 is 10.4 Å². The van der Waals surface area contributed by atoms with Crippen molar-refractivity contribution in [1.29, 1.82) is 0 Å². The summed E-state index contributed by atoms with van der Waals surface area (Å²) in [6, 6.07) is 0. The van der Waals surface area contributed by atoms with Crippen LogP contribution in [0, 0.1) is 0 Å². The zero-order chi connectivity index (χ0) is 7.72. The Morgan fingerprint density at radius 2 is 2.30 bits per heavy atom. The Morgan fingerprint density at radius 1 is 1.70 bits per heavy atom. The van der Waals surface area contributed by atoms with E-state index in [2.05, 4.69) is 5.32 Å². The van der Waals surface area contributed by atoms with Crippen LogP contribution in [0.2, 0.25) is 0 Å². The lowest BCUT2D eigenvalue weighted by Crippen LogP contribution is -2.42. The molecule has 1 heterocycles. The summed E-state index contributed by atoms with van der Waals surface area (Å²) in [7, 11) is 0. The van der Waals surface area contributed by atoms with Gasteiger partial charge in [0.15, 0.2) is 5.78 Å². The quantitative estimate of drug-likeness (QED) is 0.524. The van der Waals surface area contributed by atoms with Crippen molar-refractivity contribution in [2.45, 2.75) is 11.6 Å². The van der Waals surface area contributed by atoms with E-state index in [1.807, 2.05) is 0 Å². The van der Waals surface area contributed by atoms with E-state index in [4.69, 9.17) is 28.3 Å². The van der Waals surface area contributed by atoms with Crippen LogP contribution in [0.4, 0.5) is 0 Å². The van der Waals surface area contributed by atoms with Crippen LogP contribution >= 0.6 is 23.2 Å². The Kier molecular flexibility index (Phi) is 2.18. The number of hydrogen-bond donors (Lipinski definition) is 2. The molecule has 3 nitrogen and oxygen atoms in total. The van der Waals surface area contributed by atoms with E-state index in [-0.39, 0.29) is 5.03 Å². The van der Waals surface area contributed by atoms with Crippen LogP contribution in [0.15, 0.2) is 11.2 Å². The van der Waals surface area contributed by atoms with E-state index in [1.165, 1.54) is 6.20 Å². The van der Waals surface area contributed by atoms with Crippen LogP contribution in [-0.4, -0.2) is 22.5 Å². The second-order valence-electron chi connectivity index (χ2n) is 1.87. The minimum Gasteiger partial charge on any atom is -0.372 e. The third-order valence-corrected chi connectivity index (χ3v) is 1.88. The molecule has 2 unspecified atom stereocenters. The monoisotopic (exact) mass is 181 g/mol. The van der Waals surface area contributed by atoms with Gasteiger partial charge >= 0.3 is 0 Å². The van der Waals surface area contributed by atoms with Gasteiger partial charge in [-0.25, -0.2) is 0 Å². The van der Waals surface area contributed by atoms with E-state index in [0.717, 1.165) is 0 Å². The largest absolute Gasteiger partial charge is 0.372 e. The summed E-state index contributed by atoms with van der Waals surface area (Å²) < 4.78 is 0. The number of rotatable bonds is 0. The highest BCUT2D eigenvalue weighted by Gasteiger charge is 2.29. The number of aliphatic hydroxyl groups is 1. The first-order valence-corrected chi connectivity index (χ1v) is 3.42. The van der Waals surface area contributed by atoms with Crippen molar-refractivity contribution in [3.8, 4) is 0 Å². The zero-order valence-electron chi connectivity index (χ0n) is 4.84. The minimum absolute atomic E-state index is 0.0188. The standard InChI is InChI=1S/C5H5Cl2NO2/c6-2-1-8-5(10)3(7)4(2)9/h1,3,5,8,10H. The molecule has 0 aromatic rings. The fraction of sp³-hybridized carbons (Fsp3) is 0.400. The third kappa shape index (κ3) is 1.26. The third-order valence-electron chi connectivity index (χ3n) is 1.14. The van der Waals surface area contributed by atoms with Crippen LogP contribution in [0.5, 0.6) is 0 Å². The van der Waals surface area contributed by atoms with Gasteiger partial charge in [0, 0.05) is 6.20 Å². The smallest absolute Gasteiger partial charge is 0.198 e. The van der Waals surface area contributed by atoms with Gasteiger partial charge in [0.25, 0.3) is 0 Å². The Hall–Kier alpha value is -0.250. The second kappa shape index (κ2) is 2.78. The molecule has 0 aromatic heterocycles. The van der Waals surface area contributed by atoms with Gasteiger partial charge in [-0.15, -0.1) is 11.6 Å². The molecule has 1 aliphatic rings. The van der Waals surface area contributed by atoms with Gasteiger partial charge in [0.05, 0.1) is 0 Å². The van der Waals surface area contributed by atoms with Crippen molar-refractivity contribution in [3.63, 3.8) is 0 Å². The predicted molar refractivity (Wildman–Crippen MR) is 37.7 cm³/mol. The number of nitrogens with one attached hydrogen (secondary N) is 1. The van der Waals surface area contributed by atoms with E-state index < -0.39 is 17.4 Å². The van der Waals surface area contributed by atoms with Crippen LogP contribution < -0.4 is 5.32 Å². The molecular weight excluding hydrogens is 177 g/mol. The molecule has 2 atom stereocenters. The molecule has 1 aliphatic heterocycles. The highest BCUT2D eigenvalue weighted by Crippen LogP contribution is 2.16. The maximum absolute atomic E-state index is 10.8. The SMILES string of the molecule is O=C1C(Cl)=CNC(O)C1Cl. The predicted octanol–water partition coefficient (Wildman–Crippen LogP) is 0.165. The number of hydrogen-bond acceptors (Lipinski definition) is 3. The molecule has 0 amide bonds. The van der Waals surface area contributed by atoms with Gasteiger partial charge in [0.2, 0.25) is 0 Å². The Balaban J connectivity index is 2.81. The second-order valence-corrected chi connectivity index (χ2v) is 2.75. The highest BCUT2D eigenvalue weighted by atomic mass is 35.5. The number of alkyl halides is 1. The molecule has 5 heteroatoms. The molecule has 2 N–H and O–H groups in total. The number of halogens is 2. The van der Waals surface area contributed by atoms with Crippen molar-refractivity contribution >= 4 is 29.0 Å². The van der Waals surface area contributed by atoms with Crippen LogP contribution in [0.3, 0.4) is 0 Å². The Morgan fingerprint density at radius 3 is 2.80 bits per heavy atom. The average Bonchev–Trinajstić information content (AvgIpc) is 1.93. The van der Waals surface area contributed by atoms with Crippen LogP contribution in [0.1, 0.15) is 0 Å². The first kappa shape index (κ1) is 7.85. The average molecular weight is 182 g/mol. The number of carbonyl (C=O) groups is 1. The van der Waals surface area contributed by atoms with Crippen molar-refractivity contribution in [2.24, 2.45) is 0 Å². The lowest BCUT2D eigenvalue weighted by atomic mass is 10.2. The summed E-state index contributed by atoms with van der Waals surface area (Å²) in [6.45, 7) is 0. The summed E-state index contributed by atoms with van der Waals surface area (Å²) in [6.07, 6.45) is 0.199. The molecule has 0 aromatic carbocycles. The molecule has 1 rings (SSSR count). The maximum Gasteiger partial charge on any atom is 0.198 e. The van der Waals surface area contributed by atoms with Gasteiger partial charge in [0.1, 0.15) is 16.6 Å². The zero-order valence-corrected chi connectivity index (χ0v) is 6.36. The number of ketones is 1. The van der Waals surface area contributed by atoms with Gasteiger partial charge in [-0.1, -0.05) is 11.6 Å². The fourth-order valence-electron chi connectivity index (χ4n) is 0.589. The summed E-state index contributed by atoms with van der Waals surface area (Å²) in [5, 5.41) is 10.4. The normalized spacial score (nSPS) is 33.1. The van der Waals surface area contributed by atoms with Crippen molar-refractivity contribution < 1.29 is 9.90 Å². The molecule has 0 spiro atoms. The van der Waals surface area contributed by atoms with Crippen LogP contribution in [-0.2, 0) is 4.79 Å². The molecule has 0 saturated carbocycles. The molecular formula is C5H5Cl2NO2. The number of aliphatic hydroxyl groups excluding tert-OH is 1. The van der Waals surface area contributed by atoms with Gasteiger partial charge in [-0.05, 0) is 0 Å². The number of allylic oxidation sites excluding steroid dienone is 1. The maximum atomic E-state index is 10.8. The molecule has 0 saturated heterocycles. The summed E-state index contributed by atoms with van der Waals surface area (Å²) >= 11 is 10.8. The van der Waals surface area contributed by atoms with Gasteiger partial charge in [-0.3, -0.25) is 4.79 Å². The van der Waals surface area contributed by atoms with E-state index in [0.29, 0.717) is 0 Å². The number of carbonyl (C=O) groups excluding carboxylic acids is 1. The molecule has 0 aliphatic carbocycles. The molecule has 56 valence electrons. The summed E-state index contributed by atoms with van der Waals surface area (Å²) in [4.78, 5) is 10.8. The molecule has 0 bridgehead atoms. The highest BCUT2D eigenvalue weighted by molar-refractivity contribution is 6.48. The lowest BCUT2D eigenvalue weighted by molar-refractivity contribution is -0.117. The minimum atomic E-state index is -1.03. The summed E-state index contributed by atoms with van der Waals surface area (Å²) in [5.41, 5.74) is 0. The van der Waals surface area contributed by atoms with E-state index >= 15 is 0 Å². The first-order chi connectivity index (χ1) is 4.63. The lowest BCUT2D eigenvalue weighted by Gasteiger charge is -2.20. The molecule has 0 fully saturated rings. The Labute approximate surface area is 67.6 Å². The first-order valence-electron chi connectivity index (χ1n) is 2.61. The fourth-order valence-corrected chi connectivity index (χ4v) is 1.02. The molecule has 0 radical (unpaired) electrons. The van der Waals surface area contributed by atoms with Crippen molar-refractivity contribution in [1.82, 2.24) is 5.32 Å². The van der Waals surface area contributed by atoms with Crippen molar-refractivity contribution in [2.75, 3.05) is 0 Å². The van der Waals surface area contributed by atoms with Gasteiger partial charge in [-0.2, -0.15) is 0 Å². The van der Waals surface area contributed by atoms with Crippen molar-refractivity contribution in [3.05, 3.63) is 11.2 Å². The topological polar surface area (TPSA) is 49.3 Å². The summed E-state index contributed by atoms with van der Waals surface area (Å²) in [5.74, 6) is -0.449. The van der Waals surface area contributed by atoms with Crippen LogP contribution in [0.25, 0.3) is 0 Å².